The summed E-state index contributed by atoms with van der Waals surface area (Å²) in [5.74, 6) is 0.302. The fraction of sp³-hybridized carbons (Fsp3) is 0.455. The van der Waals surface area contributed by atoms with Crippen molar-refractivity contribution in [2.75, 3.05) is 0 Å². The molecular formula is C11H13Cl3. The molecule has 0 fully saturated rings. The lowest BCUT2D eigenvalue weighted by atomic mass is 9.96. The van der Waals surface area contributed by atoms with E-state index in [1.165, 1.54) is 0 Å². The Morgan fingerprint density at radius 2 is 1.86 bits per heavy atom. The van der Waals surface area contributed by atoms with Gasteiger partial charge in [0.15, 0.2) is 0 Å². The smallest absolute Gasteiger partial charge is 0.0595 e. The van der Waals surface area contributed by atoms with Gasteiger partial charge in [0.05, 0.1) is 10.0 Å². The van der Waals surface area contributed by atoms with E-state index in [4.69, 9.17) is 34.8 Å². The third-order valence-corrected chi connectivity index (χ3v) is 3.83. The molecule has 0 nitrogen and oxygen atoms in total. The van der Waals surface area contributed by atoms with Crippen LogP contribution in [0.3, 0.4) is 0 Å². The molecule has 0 saturated carbocycles. The number of hydrogen-bond acceptors (Lipinski definition) is 0. The summed E-state index contributed by atoms with van der Waals surface area (Å²) in [5, 5.41) is 1.33. The highest BCUT2D eigenvalue weighted by Gasteiger charge is 2.15. The zero-order valence-corrected chi connectivity index (χ0v) is 10.5. The molecule has 0 spiro atoms. The van der Waals surface area contributed by atoms with Crippen molar-refractivity contribution >= 4 is 34.8 Å². The summed E-state index contributed by atoms with van der Waals surface area (Å²) in [6, 6.07) is 5.68. The van der Waals surface area contributed by atoms with E-state index in [1.54, 1.807) is 0 Å². The van der Waals surface area contributed by atoms with Gasteiger partial charge >= 0.3 is 0 Å². The summed E-state index contributed by atoms with van der Waals surface area (Å²) in [6.45, 7) is 4.17. The molecule has 0 aliphatic heterocycles. The van der Waals surface area contributed by atoms with Gasteiger partial charge in [-0.25, -0.2) is 0 Å². The van der Waals surface area contributed by atoms with Crippen molar-refractivity contribution < 1.29 is 0 Å². The highest BCUT2D eigenvalue weighted by molar-refractivity contribution is 6.42. The molecule has 78 valence electrons. The van der Waals surface area contributed by atoms with Crippen LogP contribution in [0.5, 0.6) is 0 Å². The van der Waals surface area contributed by atoms with Gasteiger partial charge in [-0.05, 0) is 30.0 Å². The predicted octanol–water partition coefficient (Wildman–Crippen LogP) is 5.11. The highest BCUT2D eigenvalue weighted by Crippen LogP contribution is 2.30. The summed E-state index contributed by atoms with van der Waals surface area (Å²) in [4.78, 5) is 0. The quantitative estimate of drug-likeness (QED) is 0.655. The van der Waals surface area contributed by atoms with Crippen molar-refractivity contribution in [2.24, 2.45) is 0 Å². The Hall–Kier alpha value is 0.0900. The largest absolute Gasteiger partial charge is 0.122 e. The van der Waals surface area contributed by atoms with E-state index >= 15 is 0 Å². The molecule has 14 heavy (non-hydrogen) atoms. The third-order valence-electron chi connectivity index (χ3n) is 2.40. The Kier molecular flexibility index (Phi) is 4.56. The molecule has 3 heteroatoms. The Balaban J connectivity index is 2.91. The number of hydrogen-bond donors (Lipinski definition) is 0. The molecule has 0 N–H and O–H groups in total. The van der Waals surface area contributed by atoms with E-state index < -0.39 is 0 Å². The average Bonchev–Trinajstić information content (AvgIpc) is 2.20. The second-order valence-electron chi connectivity index (χ2n) is 3.39. The van der Waals surface area contributed by atoms with Crippen LogP contribution in [0.2, 0.25) is 10.0 Å². The topological polar surface area (TPSA) is 0 Å². The fourth-order valence-corrected chi connectivity index (χ4v) is 1.81. The van der Waals surface area contributed by atoms with E-state index in [1.807, 2.05) is 18.2 Å². The predicted molar refractivity (Wildman–Crippen MR) is 64.8 cm³/mol. The first kappa shape index (κ1) is 12.2. The van der Waals surface area contributed by atoms with Gasteiger partial charge in [-0.15, -0.1) is 11.6 Å². The molecule has 0 radical (unpaired) electrons. The van der Waals surface area contributed by atoms with Crippen LogP contribution in [-0.4, -0.2) is 5.38 Å². The van der Waals surface area contributed by atoms with E-state index in [0.717, 1.165) is 12.0 Å². The van der Waals surface area contributed by atoms with Crippen LogP contribution in [0, 0.1) is 0 Å². The fourth-order valence-electron chi connectivity index (χ4n) is 1.36. The van der Waals surface area contributed by atoms with Crippen LogP contribution in [-0.2, 0) is 0 Å². The zero-order chi connectivity index (χ0) is 10.7. The Morgan fingerprint density at radius 1 is 1.21 bits per heavy atom. The van der Waals surface area contributed by atoms with E-state index in [0.29, 0.717) is 16.0 Å². The minimum absolute atomic E-state index is 0.146. The second-order valence-corrected chi connectivity index (χ2v) is 4.76. The van der Waals surface area contributed by atoms with Gasteiger partial charge in [0, 0.05) is 5.38 Å². The van der Waals surface area contributed by atoms with Crippen LogP contribution in [0.25, 0.3) is 0 Å². The average molecular weight is 252 g/mol. The highest BCUT2D eigenvalue weighted by atomic mass is 35.5. The molecule has 0 aromatic heterocycles. The van der Waals surface area contributed by atoms with Crippen molar-refractivity contribution in [3.8, 4) is 0 Å². The lowest BCUT2D eigenvalue weighted by molar-refractivity contribution is 0.675. The molecule has 0 aliphatic carbocycles. The Morgan fingerprint density at radius 3 is 2.36 bits per heavy atom. The standard InChI is InChI=1S/C11H13Cl3/c1-3-9(12)7(2)8-4-5-10(13)11(14)6-8/h4-7,9H,3H2,1-2H3. The van der Waals surface area contributed by atoms with E-state index in [9.17, 15) is 0 Å². The number of rotatable bonds is 3. The maximum Gasteiger partial charge on any atom is 0.0595 e. The van der Waals surface area contributed by atoms with E-state index in [2.05, 4.69) is 13.8 Å². The normalized spacial score (nSPS) is 15.2. The molecule has 0 amide bonds. The Labute approximate surface area is 100 Å². The zero-order valence-electron chi connectivity index (χ0n) is 8.23. The lowest BCUT2D eigenvalue weighted by Gasteiger charge is -2.17. The first-order valence-electron chi connectivity index (χ1n) is 4.65. The van der Waals surface area contributed by atoms with Crippen LogP contribution in [0.4, 0.5) is 0 Å². The van der Waals surface area contributed by atoms with Crippen molar-refractivity contribution in [2.45, 2.75) is 31.6 Å². The molecule has 1 aromatic carbocycles. The van der Waals surface area contributed by atoms with Gasteiger partial charge in [-0.2, -0.15) is 0 Å². The molecule has 0 saturated heterocycles. The maximum atomic E-state index is 6.17. The summed E-state index contributed by atoms with van der Waals surface area (Å²) >= 11 is 17.9. The maximum absolute atomic E-state index is 6.17. The molecule has 0 aliphatic rings. The molecule has 2 atom stereocenters. The van der Waals surface area contributed by atoms with Crippen molar-refractivity contribution in [3.63, 3.8) is 0 Å². The van der Waals surface area contributed by atoms with Gasteiger partial charge in [0.1, 0.15) is 0 Å². The summed E-state index contributed by atoms with van der Waals surface area (Å²) in [6.07, 6.45) is 0.947. The first-order chi connectivity index (χ1) is 6.56. The first-order valence-corrected chi connectivity index (χ1v) is 5.84. The number of halogens is 3. The lowest BCUT2D eigenvalue weighted by Crippen LogP contribution is -2.08. The van der Waals surface area contributed by atoms with Crippen LogP contribution in [0.15, 0.2) is 18.2 Å². The number of alkyl halides is 1. The van der Waals surface area contributed by atoms with Gasteiger partial charge in [-0.1, -0.05) is 43.1 Å². The third kappa shape index (κ3) is 2.79. The van der Waals surface area contributed by atoms with Gasteiger partial charge in [0.2, 0.25) is 0 Å². The van der Waals surface area contributed by atoms with Crippen LogP contribution in [0.1, 0.15) is 31.7 Å². The molecule has 2 unspecified atom stereocenters. The molecule has 1 rings (SSSR count). The Bertz CT molecular complexity index is 309. The number of benzene rings is 1. The SMILES string of the molecule is CCC(Cl)C(C)c1ccc(Cl)c(Cl)c1. The van der Waals surface area contributed by atoms with Gasteiger partial charge < -0.3 is 0 Å². The van der Waals surface area contributed by atoms with Crippen molar-refractivity contribution in [3.05, 3.63) is 33.8 Å². The molecule has 0 bridgehead atoms. The van der Waals surface area contributed by atoms with Gasteiger partial charge in [0.25, 0.3) is 0 Å². The molecule has 1 aromatic rings. The minimum atomic E-state index is 0.146. The minimum Gasteiger partial charge on any atom is -0.122 e. The van der Waals surface area contributed by atoms with Crippen LogP contribution >= 0.6 is 34.8 Å². The van der Waals surface area contributed by atoms with Crippen molar-refractivity contribution in [1.29, 1.82) is 0 Å². The second kappa shape index (κ2) is 5.25. The van der Waals surface area contributed by atoms with E-state index in [-0.39, 0.29) is 5.38 Å². The summed E-state index contributed by atoms with van der Waals surface area (Å²) in [5.41, 5.74) is 1.14. The van der Waals surface area contributed by atoms with Gasteiger partial charge in [-0.3, -0.25) is 0 Å². The molecular weight excluding hydrogens is 238 g/mol. The van der Waals surface area contributed by atoms with Crippen molar-refractivity contribution in [1.82, 2.24) is 0 Å². The summed E-state index contributed by atoms with van der Waals surface area (Å²) in [7, 11) is 0. The monoisotopic (exact) mass is 250 g/mol. The summed E-state index contributed by atoms with van der Waals surface area (Å²) < 4.78 is 0. The van der Waals surface area contributed by atoms with Crippen LogP contribution < -0.4 is 0 Å². The molecule has 0 heterocycles.